The van der Waals surface area contributed by atoms with Crippen LogP contribution in [0.15, 0.2) is 12.3 Å². The molecule has 0 aromatic carbocycles. The number of carbonyl (C=O) groups is 2. The van der Waals surface area contributed by atoms with Gasteiger partial charge in [-0.25, -0.2) is 18.7 Å². The number of hydrogen-bond acceptors (Lipinski definition) is 6. The second kappa shape index (κ2) is 8.15. The lowest BCUT2D eigenvalue weighted by Gasteiger charge is -2.27. The molecule has 1 aromatic rings. The molecule has 10 heteroatoms. The zero-order chi connectivity index (χ0) is 22.1. The summed E-state index contributed by atoms with van der Waals surface area (Å²) in [4.78, 5) is 25.9. The number of aliphatic hydroxyl groups is 1. The Balaban J connectivity index is 1.63. The number of rotatable bonds is 6. The van der Waals surface area contributed by atoms with Crippen LogP contribution in [0.3, 0.4) is 0 Å². The highest BCUT2D eigenvalue weighted by atomic mass is 32.2. The fourth-order valence-electron chi connectivity index (χ4n) is 3.26. The molecule has 2 aliphatic rings. The number of fused-ring (bicyclic) bond motifs is 1. The zero-order valence-electron chi connectivity index (χ0n) is 16.7. The lowest BCUT2D eigenvalue weighted by Crippen LogP contribution is -2.50. The van der Waals surface area contributed by atoms with Crippen molar-refractivity contribution < 1.29 is 28.3 Å². The van der Waals surface area contributed by atoms with E-state index >= 15 is 0 Å². The number of hydroxylamine groups is 1. The third-order valence-corrected chi connectivity index (χ3v) is 7.70. The molecule has 0 saturated heterocycles. The van der Waals surface area contributed by atoms with Crippen molar-refractivity contribution in [1.29, 1.82) is 0 Å². The smallest absolute Gasteiger partial charge is 0.328 e. The molecule has 0 unspecified atom stereocenters. The number of aromatic nitrogens is 1. The molecule has 160 valence electrons. The normalized spacial score (nSPS) is 21.6. The summed E-state index contributed by atoms with van der Waals surface area (Å²) in [7, 11) is -3.83. The molecular weight excluding hydrogens is 410 g/mol. The van der Waals surface area contributed by atoms with Gasteiger partial charge in [-0.3, -0.25) is 14.6 Å². The van der Waals surface area contributed by atoms with Gasteiger partial charge < -0.3 is 10.0 Å². The van der Waals surface area contributed by atoms with E-state index < -0.39 is 20.5 Å². The molecule has 1 aliphatic carbocycles. The molecule has 0 radical (unpaired) electrons. The van der Waals surface area contributed by atoms with E-state index in [4.69, 9.17) is 10.3 Å². The first-order valence-electron chi connectivity index (χ1n) is 9.38. The summed E-state index contributed by atoms with van der Waals surface area (Å²) in [5.74, 6) is 10.8. The number of sulfone groups is 1. The van der Waals surface area contributed by atoms with Crippen LogP contribution in [0.1, 0.15) is 31.0 Å². The molecule has 2 amide bonds. The number of carbonyl (C=O) groups excluding carboxylic acids is 2. The van der Waals surface area contributed by atoms with Crippen LogP contribution in [-0.2, 0) is 21.2 Å². The molecule has 3 atom stereocenters. The van der Waals surface area contributed by atoms with Crippen molar-refractivity contribution in [2.24, 2.45) is 11.8 Å². The Morgan fingerprint density at radius 3 is 2.70 bits per heavy atom. The number of nitrogens with zero attached hydrogens (tertiary/aromatic N) is 2. The minimum absolute atomic E-state index is 0.0252. The van der Waals surface area contributed by atoms with E-state index in [9.17, 15) is 18.0 Å². The van der Waals surface area contributed by atoms with Crippen molar-refractivity contribution in [3.63, 3.8) is 0 Å². The van der Waals surface area contributed by atoms with Crippen LogP contribution in [0.4, 0.5) is 4.79 Å². The second-order valence-corrected chi connectivity index (χ2v) is 10.2. The lowest BCUT2D eigenvalue weighted by atomic mass is 10.1. The summed E-state index contributed by atoms with van der Waals surface area (Å²) >= 11 is 0. The van der Waals surface area contributed by atoms with Crippen LogP contribution in [0, 0.1) is 35.5 Å². The Bertz CT molecular complexity index is 1100. The Morgan fingerprint density at radius 1 is 1.40 bits per heavy atom. The molecule has 1 aromatic heterocycles. The maximum atomic E-state index is 12.6. The molecule has 3 rings (SSSR count). The van der Waals surface area contributed by atoms with E-state index in [2.05, 4.69) is 23.7 Å². The van der Waals surface area contributed by atoms with E-state index in [0.717, 1.165) is 12.7 Å². The third kappa shape index (κ3) is 4.21. The zero-order valence-corrected chi connectivity index (χ0v) is 17.5. The van der Waals surface area contributed by atoms with Crippen molar-refractivity contribution in [3.05, 3.63) is 23.5 Å². The molecule has 0 bridgehead atoms. The predicted molar refractivity (Wildman–Crippen MR) is 107 cm³/mol. The van der Waals surface area contributed by atoms with Crippen molar-refractivity contribution in [2.75, 3.05) is 19.4 Å². The molecule has 1 aliphatic heterocycles. The number of nitrogens with one attached hydrogen (secondary N) is 1. The number of amides is 2. The number of aliphatic hydroxyl groups excluding tert-OH is 1. The summed E-state index contributed by atoms with van der Waals surface area (Å²) in [6, 6.07) is 1.42. The summed E-state index contributed by atoms with van der Waals surface area (Å²) in [6.45, 7) is 1.64. The van der Waals surface area contributed by atoms with E-state index in [0.29, 0.717) is 11.3 Å². The molecular formula is C20H23N3O6S. The molecule has 9 nitrogen and oxygen atoms in total. The molecule has 1 saturated carbocycles. The second-order valence-electron chi connectivity index (χ2n) is 7.79. The molecule has 1 fully saturated rings. The summed E-state index contributed by atoms with van der Waals surface area (Å²) in [5.41, 5.74) is 2.74. The minimum atomic E-state index is -3.83. The van der Waals surface area contributed by atoms with Crippen LogP contribution in [0.2, 0.25) is 0 Å². The van der Waals surface area contributed by atoms with Crippen LogP contribution < -0.4 is 5.48 Å². The van der Waals surface area contributed by atoms with Gasteiger partial charge in [-0.15, -0.1) is 0 Å². The van der Waals surface area contributed by atoms with E-state index in [1.165, 1.54) is 21.9 Å². The van der Waals surface area contributed by atoms with Gasteiger partial charge in [0.15, 0.2) is 14.6 Å². The summed E-state index contributed by atoms with van der Waals surface area (Å²) < 4.78 is 23.7. The maximum Gasteiger partial charge on any atom is 0.328 e. The third-order valence-electron chi connectivity index (χ3n) is 5.67. The van der Waals surface area contributed by atoms with Gasteiger partial charge >= 0.3 is 6.03 Å². The van der Waals surface area contributed by atoms with Crippen molar-refractivity contribution in [2.45, 2.75) is 31.1 Å². The van der Waals surface area contributed by atoms with Gasteiger partial charge in [-0.1, -0.05) is 11.8 Å². The van der Waals surface area contributed by atoms with Gasteiger partial charge in [0.2, 0.25) is 0 Å². The molecule has 30 heavy (non-hydrogen) atoms. The largest absolute Gasteiger partial charge is 0.396 e. The van der Waals surface area contributed by atoms with Gasteiger partial charge in [0.25, 0.3) is 5.91 Å². The van der Waals surface area contributed by atoms with Gasteiger partial charge in [-0.05, 0) is 43.6 Å². The topological polar surface area (TPSA) is 129 Å². The summed E-state index contributed by atoms with van der Waals surface area (Å²) in [5, 5.41) is 17.9. The highest BCUT2D eigenvalue weighted by Crippen LogP contribution is 2.36. The first-order chi connectivity index (χ1) is 14.1. The quantitative estimate of drug-likeness (QED) is 0.328. The van der Waals surface area contributed by atoms with E-state index in [1.807, 2.05) is 0 Å². The first-order valence-corrected chi connectivity index (χ1v) is 11.3. The Morgan fingerprint density at radius 2 is 2.13 bits per heavy atom. The SMILES string of the molecule is C[C@@](CCN1Cc2cc(C#CC#C[C@H]3C[C@@H]3CO)cn2C1=O)(C(=O)NO)S(C)(=O)=O. The Kier molecular flexibility index (Phi) is 5.95. The standard InChI is InChI=1S/C20H23N3O6S/c1-20(18(25)21-27,30(2,28)29)7-8-22-12-17-9-14(11-23(17)19(22)26)5-3-4-6-15-10-16(15)13-24/h9,11,15-16,24,27H,7-8,10,12-13H2,1-2H3,(H,21,25)/t15-,16+,20+/m0/s1. The van der Waals surface area contributed by atoms with Crippen molar-refractivity contribution in [3.8, 4) is 23.7 Å². The van der Waals surface area contributed by atoms with Crippen LogP contribution >= 0.6 is 0 Å². The summed E-state index contributed by atoms with van der Waals surface area (Å²) in [6.07, 6.45) is 3.25. The van der Waals surface area contributed by atoms with Gasteiger partial charge in [0.05, 0.1) is 6.54 Å². The van der Waals surface area contributed by atoms with Crippen molar-refractivity contribution in [1.82, 2.24) is 14.9 Å². The van der Waals surface area contributed by atoms with Gasteiger partial charge in [0.1, 0.15) is 0 Å². The molecule has 2 heterocycles. The first kappa shape index (κ1) is 21.9. The highest BCUT2D eigenvalue weighted by molar-refractivity contribution is 7.92. The Hall–Kier alpha value is -2.79. The number of hydrogen-bond donors (Lipinski definition) is 3. The van der Waals surface area contributed by atoms with Crippen LogP contribution in [-0.4, -0.2) is 64.3 Å². The Labute approximate surface area is 174 Å². The molecule has 3 N–H and O–H groups in total. The van der Waals surface area contributed by atoms with Gasteiger partial charge in [-0.2, -0.15) is 0 Å². The van der Waals surface area contributed by atoms with E-state index in [1.54, 1.807) is 12.3 Å². The minimum Gasteiger partial charge on any atom is -0.396 e. The van der Waals surface area contributed by atoms with Crippen LogP contribution in [0.25, 0.3) is 0 Å². The van der Waals surface area contributed by atoms with Crippen molar-refractivity contribution >= 4 is 21.8 Å². The monoisotopic (exact) mass is 433 g/mol. The maximum absolute atomic E-state index is 12.6. The predicted octanol–water partition coefficient (Wildman–Crippen LogP) is -0.0461. The fraction of sp³-hybridized carbons (Fsp3) is 0.500. The lowest BCUT2D eigenvalue weighted by molar-refractivity contribution is -0.131. The van der Waals surface area contributed by atoms with Crippen LogP contribution in [0.5, 0.6) is 0 Å². The highest BCUT2D eigenvalue weighted by Gasteiger charge is 2.44. The van der Waals surface area contributed by atoms with E-state index in [-0.39, 0.29) is 44.0 Å². The average Bonchev–Trinajstić information content (AvgIpc) is 3.25. The molecule has 0 spiro atoms. The average molecular weight is 433 g/mol. The fourth-order valence-corrected chi connectivity index (χ4v) is 4.10. The van der Waals surface area contributed by atoms with Gasteiger partial charge in [0, 0.05) is 42.8 Å².